The van der Waals surface area contributed by atoms with Crippen LogP contribution in [0.1, 0.15) is 12.5 Å². The van der Waals surface area contributed by atoms with Gasteiger partial charge in [-0.2, -0.15) is 0 Å². The molecule has 1 rings (SSSR count). The fraction of sp³-hybridized carbons (Fsp3) is 0.600. The molecule has 1 aromatic rings. The second kappa shape index (κ2) is 8.77. The Morgan fingerprint density at radius 3 is 2.26 bits per heavy atom. The minimum absolute atomic E-state index is 0.502. The molecule has 0 bridgehead atoms. The van der Waals surface area contributed by atoms with E-state index in [0.717, 1.165) is 43.2 Å². The van der Waals surface area contributed by atoms with Crippen LogP contribution in [-0.4, -0.2) is 41.0 Å². The van der Waals surface area contributed by atoms with Crippen molar-refractivity contribution in [1.29, 1.82) is 0 Å². The van der Waals surface area contributed by atoms with E-state index >= 15 is 0 Å². The van der Waals surface area contributed by atoms with Gasteiger partial charge in [-0.05, 0) is 31.0 Å². The van der Waals surface area contributed by atoms with E-state index < -0.39 is 0 Å². The summed E-state index contributed by atoms with van der Waals surface area (Å²) in [6.07, 6.45) is 0.924. The molecule has 108 valence electrons. The SMILES string of the molecule is COCCNCC(C)Cc1c(OC)cccc1OC. The molecule has 0 fully saturated rings. The highest BCUT2D eigenvalue weighted by Gasteiger charge is 2.13. The van der Waals surface area contributed by atoms with E-state index in [2.05, 4.69) is 12.2 Å². The third-order valence-electron chi connectivity index (χ3n) is 3.06. The maximum Gasteiger partial charge on any atom is 0.125 e. The van der Waals surface area contributed by atoms with Crippen molar-refractivity contribution in [2.45, 2.75) is 13.3 Å². The van der Waals surface area contributed by atoms with E-state index in [4.69, 9.17) is 14.2 Å². The lowest BCUT2D eigenvalue weighted by molar-refractivity contribution is 0.198. The van der Waals surface area contributed by atoms with Crippen LogP contribution in [0.15, 0.2) is 18.2 Å². The molecule has 1 unspecified atom stereocenters. The van der Waals surface area contributed by atoms with Crippen LogP contribution in [0.3, 0.4) is 0 Å². The molecule has 1 N–H and O–H groups in total. The highest BCUT2D eigenvalue weighted by molar-refractivity contribution is 5.45. The van der Waals surface area contributed by atoms with Crippen molar-refractivity contribution in [2.24, 2.45) is 5.92 Å². The topological polar surface area (TPSA) is 39.7 Å². The Hall–Kier alpha value is -1.26. The van der Waals surface area contributed by atoms with Crippen molar-refractivity contribution in [3.63, 3.8) is 0 Å². The molecule has 1 aromatic carbocycles. The summed E-state index contributed by atoms with van der Waals surface area (Å²) in [5, 5.41) is 3.37. The summed E-state index contributed by atoms with van der Waals surface area (Å²) in [4.78, 5) is 0. The molecular weight excluding hydrogens is 242 g/mol. The van der Waals surface area contributed by atoms with Gasteiger partial charge in [-0.25, -0.2) is 0 Å². The van der Waals surface area contributed by atoms with Crippen LogP contribution in [0.25, 0.3) is 0 Å². The number of nitrogens with one attached hydrogen (secondary N) is 1. The zero-order valence-electron chi connectivity index (χ0n) is 12.4. The minimum Gasteiger partial charge on any atom is -0.496 e. The first kappa shape index (κ1) is 15.8. The van der Waals surface area contributed by atoms with E-state index in [-0.39, 0.29) is 0 Å². The highest BCUT2D eigenvalue weighted by Crippen LogP contribution is 2.30. The predicted molar refractivity (Wildman–Crippen MR) is 77.2 cm³/mol. The summed E-state index contributed by atoms with van der Waals surface area (Å²) in [6, 6.07) is 5.90. The van der Waals surface area contributed by atoms with Gasteiger partial charge in [-0.3, -0.25) is 0 Å². The number of benzene rings is 1. The normalized spacial score (nSPS) is 12.2. The van der Waals surface area contributed by atoms with Crippen LogP contribution in [0.2, 0.25) is 0 Å². The van der Waals surface area contributed by atoms with E-state index in [1.54, 1.807) is 21.3 Å². The maximum atomic E-state index is 5.41. The molecule has 0 aromatic heterocycles. The molecular formula is C15H25NO3. The maximum absolute atomic E-state index is 5.41. The molecule has 0 aliphatic heterocycles. The van der Waals surface area contributed by atoms with Gasteiger partial charge in [-0.15, -0.1) is 0 Å². The Labute approximate surface area is 116 Å². The van der Waals surface area contributed by atoms with Crippen LogP contribution in [0.5, 0.6) is 11.5 Å². The Morgan fingerprint density at radius 2 is 1.74 bits per heavy atom. The van der Waals surface area contributed by atoms with E-state index in [1.165, 1.54) is 0 Å². The van der Waals surface area contributed by atoms with Gasteiger partial charge < -0.3 is 19.5 Å². The molecule has 0 radical (unpaired) electrons. The third kappa shape index (κ3) is 5.09. The monoisotopic (exact) mass is 267 g/mol. The molecule has 4 nitrogen and oxygen atoms in total. The molecule has 0 saturated carbocycles. The summed E-state index contributed by atoms with van der Waals surface area (Å²) in [5.41, 5.74) is 1.13. The summed E-state index contributed by atoms with van der Waals surface area (Å²) in [6.45, 7) is 4.78. The first-order chi connectivity index (χ1) is 9.22. The molecule has 0 aliphatic rings. The molecule has 0 heterocycles. The largest absolute Gasteiger partial charge is 0.496 e. The van der Waals surface area contributed by atoms with Crippen molar-refractivity contribution >= 4 is 0 Å². The zero-order chi connectivity index (χ0) is 14.1. The number of methoxy groups -OCH3 is 3. The third-order valence-corrected chi connectivity index (χ3v) is 3.06. The lowest BCUT2D eigenvalue weighted by Gasteiger charge is -2.17. The standard InChI is InChI=1S/C15H25NO3/c1-12(11-16-8-9-17-2)10-13-14(18-3)6-5-7-15(13)19-4/h5-7,12,16H,8-11H2,1-4H3. The summed E-state index contributed by atoms with van der Waals surface area (Å²) >= 11 is 0. The van der Waals surface area contributed by atoms with Gasteiger partial charge in [0.1, 0.15) is 11.5 Å². The highest BCUT2D eigenvalue weighted by atomic mass is 16.5. The number of hydrogen-bond acceptors (Lipinski definition) is 4. The van der Waals surface area contributed by atoms with E-state index in [1.807, 2.05) is 18.2 Å². The summed E-state index contributed by atoms with van der Waals surface area (Å²) < 4.78 is 15.8. The Bertz CT molecular complexity index is 346. The van der Waals surface area contributed by atoms with Crippen molar-refractivity contribution in [3.8, 4) is 11.5 Å². The van der Waals surface area contributed by atoms with E-state index in [0.29, 0.717) is 5.92 Å². The average Bonchev–Trinajstić information content (AvgIpc) is 2.43. The number of rotatable bonds is 9. The predicted octanol–water partition coefficient (Wildman–Crippen LogP) is 2.12. The van der Waals surface area contributed by atoms with Gasteiger partial charge in [0, 0.05) is 19.2 Å². The first-order valence-corrected chi connectivity index (χ1v) is 6.62. The van der Waals surface area contributed by atoms with Crippen LogP contribution < -0.4 is 14.8 Å². The Morgan fingerprint density at radius 1 is 1.11 bits per heavy atom. The Kier molecular flexibility index (Phi) is 7.30. The van der Waals surface area contributed by atoms with Crippen molar-refractivity contribution in [2.75, 3.05) is 41.0 Å². The number of hydrogen-bond donors (Lipinski definition) is 1. The molecule has 0 amide bonds. The van der Waals surface area contributed by atoms with Gasteiger partial charge in [0.05, 0.1) is 20.8 Å². The van der Waals surface area contributed by atoms with Gasteiger partial charge in [0.2, 0.25) is 0 Å². The van der Waals surface area contributed by atoms with Crippen LogP contribution in [0.4, 0.5) is 0 Å². The van der Waals surface area contributed by atoms with Gasteiger partial charge >= 0.3 is 0 Å². The molecule has 0 saturated heterocycles. The van der Waals surface area contributed by atoms with Gasteiger partial charge in [-0.1, -0.05) is 13.0 Å². The van der Waals surface area contributed by atoms with Crippen molar-refractivity contribution in [1.82, 2.24) is 5.32 Å². The number of ether oxygens (including phenoxy) is 3. The van der Waals surface area contributed by atoms with Gasteiger partial charge in [0.25, 0.3) is 0 Å². The molecule has 4 heteroatoms. The fourth-order valence-corrected chi connectivity index (χ4v) is 2.07. The lowest BCUT2D eigenvalue weighted by atomic mass is 9.99. The first-order valence-electron chi connectivity index (χ1n) is 6.62. The minimum atomic E-state index is 0.502. The van der Waals surface area contributed by atoms with E-state index in [9.17, 15) is 0 Å². The smallest absolute Gasteiger partial charge is 0.125 e. The zero-order valence-corrected chi connectivity index (χ0v) is 12.4. The molecule has 1 atom stereocenters. The summed E-state index contributed by atoms with van der Waals surface area (Å²) in [5.74, 6) is 2.29. The second-order valence-corrected chi connectivity index (χ2v) is 4.65. The van der Waals surface area contributed by atoms with Gasteiger partial charge in [0.15, 0.2) is 0 Å². The molecule has 0 aliphatic carbocycles. The average molecular weight is 267 g/mol. The van der Waals surface area contributed by atoms with Crippen molar-refractivity contribution < 1.29 is 14.2 Å². The Balaban J connectivity index is 2.59. The molecule has 19 heavy (non-hydrogen) atoms. The van der Waals surface area contributed by atoms with Crippen LogP contribution in [-0.2, 0) is 11.2 Å². The quantitative estimate of drug-likeness (QED) is 0.696. The van der Waals surface area contributed by atoms with Crippen LogP contribution >= 0.6 is 0 Å². The lowest BCUT2D eigenvalue weighted by Crippen LogP contribution is -2.26. The summed E-state index contributed by atoms with van der Waals surface area (Å²) in [7, 11) is 5.10. The second-order valence-electron chi connectivity index (χ2n) is 4.65. The van der Waals surface area contributed by atoms with Crippen molar-refractivity contribution in [3.05, 3.63) is 23.8 Å². The van der Waals surface area contributed by atoms with Crippen LogP contribution in [0, 0.1) is 5.92 Å². The molecule has 0 spiro atoms. The fourth-order valence-electron chi connectivity index (χ4n) is 2.07.